The number of anilines is 1. The second-order valence-corrected chi connectivity index (χ2v) is 9.24. The van der Waals surface area contributed by atoms with E-state index < -0.39 is 24.1 Å². The van der Waals surface area contributed by atoms with Gasteiger partial charge in [-0.15, -0.1) is 0 Å². The normalized spacial score (nSPS) is 15.7. The highest BCUT2D eigenvalue weighted by molar-refractivity contribution is 6.06. The first-order valence-corrected chi connectivity index (χ1v) is 12.2. The number of benzene rings is 2. The van der Waals surface area contributed by atoms with Crippen LogP contribution in [-0.2, 0) is 14.3 Å². The molecular weight excluding hydrogens is 454 g/mol. The van der Waals surface area contributed by atoms with Gasteiger partial charge >= 0.3 is 6.09 Å². The van der Waals surface area contributed by atoms with Crippen LogP contribution in [0.3, 0.4) is 0 Å². The van der Waals surface area contributed by atoms with Crippen molar-refractivity contribution in [2.45, 2.75) is 52.7 Å². The molecule has 1 aliphatic heterocycles. The number of rotatable bonds is 8. The molecule has 7 nitrogen and oxygen atoms in total. The number of amides is 3. The Bertz CT molecular complexity index is 1180. The number of carbonyl (C=O) groups excluding carboxylic acids is 3. The monoisotopic (exact) mass is 489 g/mol. The van der Waals surface area contributed by atoms with Crippen molar-refractivity contribution in [2.75, 3.05) is 18.5 Å². The van der Waals surface area contributed by atoms with Gasteiger partial charge in [0.1, 0.15) is 6.04 Å². The van der Waals surface area contributed by atoms with Gasteiger partial charge in [0.05, 0.1) is 5.69 Å². The Morgan fingerprint density at radius 1 is 1.03 bits per heavy atom. The molecule has 0 aromatic heterocycles. The number of nitrogens with one attached hydrogen (secondary N) is 2. The summed E-state index contributed by atoms with van der Waals surface area (Å²) in [5.74, 6) is -0.822. The number of allylic oxidation sites excluding steroid dienone is 3. The van der Waals surface area contributed by atoms with Crippen LogP contribution in [0.15, 0.2) is 71.8 Å². The van der Waals surface area contributed by atoms with Crippen LogP contribution >= 0.6 is 0 Å². The first kappa shape index (κ1) is 26.7. The average Bonchev–Trinajstić information content (AvgIpc) is 2.93. The third-order valence-corrected chi connectivity index (χ3v) is 6.13. The van der Waals surface area contributed by atoms with E-state index in [0.717, 1.165) is 35.2 Å². The van der Waals surface area contributed by atoms with Gasteiger partial charge in [-0.2, -0.15) is 0 Å². The maximum Gasteiger partial charge on any atom is 0.408 e. The quantitative estimate of drug-likeness (QED) is 0.493. The molecule has 2 aromatic rings. The molecule has 0 saturated heterocycles. The van der Waals surface area contributed by atoms with E-state index in [2.05, 4.69) is 30.6 Å². The van der Waals surface area contributed by atoms with E-state index in [4.69, 9.17) is 4.74 Å². The summed E-state index contributed by atoms with van der Waals surface area (Å²) in [6, 6.07) is 14.2. The lowest BCUT2D eigenvalue weighted by atomic mass is 9.95. The van der Waals surface area contributed by atoms with Gasteiger partial charge in [0.25, 0.3) is 11.8 Å². The largest absolute Gasteiger partial charge is 0.436 e. The van der Waals surface area contributed by atoms with Gasteiger partial charge in [0.2, 0.25) is 0 Å². The SMILES string of the molecule is CC(C)=CCC/C(C)=C/CNC(=O)O[C@H](C)C(=O)N[C@@H]1C(=O)N(C)c2ccccc2-c2ccccc21. The van der Waals surface area contributed by atoms with E-state index in [0.29, 0.717) is 12.1 Å². The molecule has 2 N–H and O–H groups in total. The van der Waals surface area contributed by atoms with Crippen molar-refractivity contribution in [1.82, 2.24) is 10.6 Å². The molecule has 0 unspecified atom stereocenters. The third kappa shape index (κ3) is 6.62. The number of nitrogens with zero attached hydrogens (tertiary/aromatic N) is 1. The second kappa shape index (κ2) is 12.2. The van der Waals surface area contributed by atoms with Crippen LogP contribution in [0, 0.1) is 0 Å². The molecule has 7 heteroatoms. The molecule has 0 bridgehead atoms. The standard InChI is InChI=1S/C29H35N3O4/c1-19(2)11-10-12-20(3)17-18-30-29(35)36-21(4)27(33)31-26-24-15-7-6-13-22(24)23-14-8-9-16-25(23)32(5)28(26)34/h6-9,11,13-17,21,26H,10,12,18H2,1-5H3,(H,30,35)(H,31,33)/b20-17+/t21-,26+/m1/s1. The summed E-state index contributed by atoms with van der Waals surface area (Å²) >= 11 is 0. The van der Waals surface area contributed by atoms with E-state index in [-0.39, 0.29) is 5.91 Å². The molecular formula is C29H35N3O4. The van der Waals surface area contributed by atoms with Crippen molar-refractivity contribution in [1.29, 1.82) is 0 Å². The molecule has 0 aliphatic carbocycles. The van der Waals surface area contributed by atoms with Crippen LogP contribution in [0.25, 0.3) is 11.1 Å². The first-order chi connectivity index (χ1) is 17.2. The van der Waals surface area contributed by atoms with Crippen LogP contribution in [0.1, 0.15) is 52.1 Å². The zero-order valence-electron chi connectivity index (χ0n) is 21.6. The van der Waals surface area contributed by atoms with Gasteiger partial charge in [-0.3, -0.25) is 9.59 Å². The van der Waals surface area contributed by atoms with E-state index >= 15 is 0 Å². The Labute approximate surface area is 213 Å². The number of para-hydroxylation sites is 1. The Morgan fingerprint density at radius 2 is 1.69 bits per heavy atom. The van der Waals surface area contributed by atoms with E-state index in [1.165, 1.54) is 12.5 Å². The smallest absolute Gasteiger partial charge is 0.408 e. The predicted molar refractivity (Wildman–Crippen MR) is 143 cm³/mol. The van der Waals surface area contributed by atoms with Gasteiger partial charge < -0.3 is 20.3 Å². The molecule has 0 fully saturated rings. The molecule has 2 aromatic carbocycles. The fourth-order valence-electron chi connectivity index (χ4n) is 4.09. The Kier molecular flexibility index (Phi) is 9.06. The summed E-state index contributed by atoms with van der Waals surface area (Å²) in [7, 11) is 1.69. The maximum absolute atomic E-state index is 13.3. The minimum absolute atomic E-state index is 0.272. The van der Waals surface area contributed by atoms with Crippen LogP contribution in [0.5, 0.6) is 0 Å². The lowest BCUT2D eigenvalue weighted by molar-refractivity contribution is -0.132. The highest BCUT2D eigenvalue weighted by atomic mass is 16.6. The van der Waals surface area contributed by atoms with Crippen molar-refractivity contribution < 1.29 is 19.1 Å². The Morgan fingerprint density at radius 3 is 2.42 bits per heavy atom. The van der Waals surface area contributed by atoms with Gasteiger partial charge in [0.15, 0.2) is 6.10 Å². The second-order valence-electron chi connectivity index (χ2n) is 9.24. The Hall–Kier alpha value is -3.87. The fraction of sp³-hybridized carbons (Fsp3) is 0.345. The molecule has 0 spiro atoms. The number of hydrogen-bond acceptors (Lipinski definition) is 4. The van der Waals surface area contributed by atoms with Crippen LogP contribution in [0.2, 0.25) is 0 Å². The number of ether oxygens (including phenoxy) is 1. The summed E-state index contributed by atoms with van der Waals surface area (Å²) in [4.78, 5) is 40.1. The number of carbonyl (C=O) groups is 3. The van der Waals surface area contributed by atoms with Gasteiger partial charge in [-0.05, 0) is 57.7 Å². The maximum atomic E-state index is 13.3. The van der Waals surface area contributed by atoms with Crippen molar-refractivity contribution in [3.05, 3.63) is 77.4 Å². The van der Waals surface area contributed by atoms with Crippen LogP contribution in [0.4, 0.5) is 10.5 Å². The number of hydrogen-bond donors (Lipinski definition) is 2. The van der Waals surface area contributed by atoms with E-state index in [1.54, 1.807) is 11.9 Å². The van der Waals surface area contributed by atoms with Crippen molar-refractivity contribution in [3.63, 3.8) is 0 Å². The predicted octanol–water partition coefficient (Wildman–Crippen LogP) is 5.29. The van der Waals surface area contributed by atoms with Gasteiger partial charge in [0, 0.05) is 19.2 Å². The molecule has 1 aliphatic rings. The summed E-state index contributed by atoms with van der Waals surface area (Å²) in [5.41, 5.74) is 5.68. The molecule has 1 heterocycles. The zero-order chi connectivity index (χ0) is 26.2. The highest BCUT2D eigenvalue weighted by Gasteiger charge is 2.34. The molecule has 190 valence electrons. The van der Waals surface area contributed by atoms with E-state index in [1.807, 2.05) is 61.5 Å². The lowest BCUT2D eigenvalue weighted by Crippen LogP contribution is -2.45. The van der Waals surface area contributed by atoms with Crippen LogP contribution < -0.4 is 15.5 Å². The lowest BCUT2D eigenvalue weighted by Gasteiger charge is -2.24. The van der Waals surface area contributed by atoms with Crippen molar-refractivity contribution in [2.24, 2.45) is 0 Å². The first-order valence-electron chi connectivity index (χ1n) is 12.2. The van der Waals surface area contributed by atoms with E-state index in [9.17, 15) is 14.4 Å². The molecule has 2 atom stereocenters. The highest BCUT2D eigenvalue weighted by Crippen LogP contribution is 2.39. The number of alkyl carbamates (subject to hydrolysis) is 1. The average molecular weight is 490 g/mol. The van der Waals surface area contributed by atoms with Crippen LogP contribution in [-0.4, -0.2) is 37.6 Å². The molecule has 3 amide bonds. The summed E-state index contributed by atoms with van der Waals surface area (Å²) in [5, 5.41) is 5.44. The summed E-state index contributed by atoms with van der Waals surface area (Å²) in [6.07, 6.45) is 4.20. The topological polar surface area (TPSA) is 87.7 Å². The number of likely N-dealkylation sites (N-methyl/N-ethyl adjacent to an activating group) is 1. The van der Waals surface area contributed by atoms with Gasteiger partial charge in [-0.1, -0.05) is 65.8 Å². The molecule has 0 radical (unpaired) electrons. The zero-order valence-corrected chi connectivity index (χ0v) is 21.6. The minimum Gasteiger partial charge on any atom is -0.436 e. The Balaban J connectivity index is 1.63. The van der Waals surface area contributed by atoms with Gasteiger partial charge in [-0.25, -0.2) is 4.79 Å². The molecule has 0 saturated carbocycles. The minimum atomic E-state index is -1.08. The summed E-state index contributed by atoms with van der Waals surface area (Å²) in [6.45, 7) is 7.94. The number of fused-ring (bicyclic) bond motifs is 3. The third-order valence-electron chi connectivity index (χ3n) is 6.13. The summed E-state index contributed by atoms with van der Waals surface area (Å²) < 4.78 is 5.27. The molecule has 3 rings (SSSR count). The molecule has 36 heavy (non-hydrogen) atoms. The fourth-order valence-corrected chi connectivity index (χ4v) is 4.09. The van der Waals surface area contributed by atoms with Crippen molar-refractivity contribution in [3.8, 4) is 11.1 Å². The van der Waals surface area contributed by atoms with Crippen molar-refractivity contribution >= 4 is 23.6 Å².